The summed E-state index contributed by atoms with van der Waals surface area (Å²) in [7, 11) is 0. The summed E-state index contributed by atoms with van der Waals surface area (Å²) >= 11 is 0. The molecule has 0 aliphatic carbocycles. The van der Waals surface area contributed by atoms with E-state index >= 15 is 0 Å². The minimum Gasteiger partial charge on any atom is -0.339 e. The molecule has 9 nitrogen and oxygen atoms in total. The summed E-state index contributed by atoms with van der Waals surface area (Å²) in [5.74, 6) is 1.05. The first kappa shape index (κ1) is 23.0. The molecule has 0 fully saturated rings. The normalized spacial score (nSPS) is 11.6. The number of pyridine rings is 1. The number of anilines is 2. The molecule has 4 heterocycles. The molecule has 0 unspecified atom stereocenters. The van der Waals surface area contributed by atoms with E-state index in [4.69, 9.17) is 0 Å². The van der Waals surface area contributed by atoms with Gasteiger partial charge in [-0.2, -0.15) is 28.6 Å². The molecule has 0 atom stereocenters. The van der Waals surface area contributed by atoms with Gasteiger partial charge in [-0.05, 0) is 56.3 Å². The van der Waals surface area contributed by atoms with Gasteiger partial charge < -0.3 is 5.32 Å². The van der Waals surface area contributed by atoms with E-state index in [1.807, 2.05) is 37.3 Å². The molecule has 0 bridgehead atoms. The number of aryl methyl sites for hydroxylation is 2. The third kappa shape index (κ3) is 4.58. The van der Waals surface area contributed by atoms with Gasteiger partial charge in [0.25, 0.3) is 0 Å². The van der Waals surface area contributed by atoms with E-state index in [0.717, 1.165) is 21.6 Å². The number of benzene rings is 1. The Balaban J connectivity index is 1.50. The Labute approximate surface area is 202 Å². The number of halogens is 3. The van der Waals surface area contributed by atoms with Crippen LogP contribution in [-0.2, 0) is 6.54 Å². The Bertz CT molecular complexity index is 1610. The molecule has 0 aliphatic heterocycles. The third-order valence-electron chi connectivity index (χ3n) is 5.41. The summed E-state index contributed by atoms with van der Waals surface area (Å²) in [4.78, 5) is 9.07. The number of alkyl halides is 3. The smallest absolute Gasteiger partial charge is 0.339 e. The van der Waals surface area contributed by atoms with Crippen LogP contribution in [0.15, 0.2) is 55.0 Å². The first-order valence-corrected chi connectivity index (χ1v) is 10.8. The van der Waals surface area contributed by atoms with Gasteiger partial charge in [0.1, 0.15) is 24.8 Å². The molecule has 180 valence electrons. The summed E-state index contributed by atoms with van der Waals surface area (Å²) in [5.41, 5.74) is 4.19. The number of hydrogen-bond donors (Lipinski definition) is 1. The monoisotopic (exact) mass is 489 g/mol. The topological polar surface area (TPSA) is 110 Å². The van der Waals surface area contributed by atoms with Crippen molar-refractivity contribution in [2.75, 3.05) is 5.32 Å². The minimum atomic E-state index is -4.42. The van der Waals surface area contributed by atoms with Crippen LogP contribution in [0.1, 0.15) is 17.0 Å². The van der Waals surface area contributed by atoms with Gasteiger partial charge >= 0.3 is 6.18 Å². The summed E-state index contributed by atoms with van der Waals surface area (Å²) < 4.78 is 41.1. The number of rotatable bonds is 5. The number of imidazole rings is 1. The number of fused-ring (bicyclic) bond motifs is 1. The molecule has 0 amide bonds. The summed E-state index contributed by atoms with van der Waals surface area (Å²) in [6, 6.07) is 14.5. The highest BCUT2D eigenvalue weighted by Crippen LogP contribution is 2.29. The highest BCUT2D eigenvalue weighted by molar-refractivity contribution is 5.82. The van der Waals surface area contributed by atoms with Gasteiger partial charge in [-0.15, -0.1) is 5.10 Å². The standard InChI is InChI=1S/C24H18F3N9/c1-14-3-7-21(33-32-14)30-17-5-6-20-19(9-17)29-13-36(20)22-8-4-16(10-28)23(31-22)18-11-35(34-15(18)2)12-24(25,26)27/h3-9,11,13H,12H2,1-2H3,(H,30,33). The van der Waals surface area contributed by atoms with E-state index in [0.29, 0.717) is 28.4 Å². The summed E-state index contributed by atoms with van der Waals surface area (Å²) in [5, 5.41) is 24.8. The van der Waals surface area contributed by atoms with E-state index in [1.165, 1.54) is 6.20 Å². The molecular weight excluding hydrogens is 471 g/mol. The lowest BCUT2D eigenvalue weighted by molar-refractivity contribution is -0.142. The molecule has 0 aliphatic rings. The Morgan fingerprint density at radius 2 is 1.89 bits per heavy atom. The van der Waals surface area contributed by atoms with E-state index < -0.39 is 12.7 Å². The number of nitrogens with zero attached hydrogens (tertiary/aromatic N) is 8. The SMILES string of the molecule is Cc1ccc(Nc2ccc3c(c2)ncn3-c2ccc(C#N)c(-c3cn(CC(F)(F)F)nc3C)n2)nn1. The lowest BCUT2D eigenvalue weighted by Crippen LogP contribution is -2.17. The van der Waals surface area contributed by atoms with Crippen LogP contribution < -0.4 is 5.32 Å². The molecular formula is C24H18F3N9. The van der Waals surface area contributed by atoms with Gasteiger partial charge in [-0.1, -0.05) is 0 Å². The van der Waals surface area contributed by atoms with Crippen LogP contribution in [0.2, 0.25) is 0 Å². The van der Waals surface area contributed by atoms with Crippen molar-refractivity contribution in [3.05, 3.63) is 71.9 Å². The second kappa shape index (κ2) is 8.77. The van der Waals surface area contributed by atoms with Crippen LogP contribution in [0.5, 0.6) is 0 Å². The predicted octanol–water partition coefficient (Wildman–Crippen LogP) is 4.87. The second-order valence-corrected chi connectivity index (χ2v) is 8.12. The third-order valence-corrected chi connectivity index (χ3v) is 5.41. The maximum Gasteiger partial charge on any atom is 0.408 e. The molecule has 0 radical (unpaired) electrons. The fourth-order valence-corrected chi connectivity index (χ4v) is 3.78. The molecule has 1 aromatic carbocycles. The lowest BCUT2D eigenvalue weighted by atomic mass is 10.1. The maximum atomic E-state index is 12.8. The van der Waals surface area contributed by atoms with Crippen LogP contribution in [0.25, 0.3) is 28.1 Å². The largest absolute Gasteiger partial charge is 0.408 e. The van der Waals surface area contributed by atoms with E-state index in [1.54, 1.807) is 30.0 Å². The molecule has 0 saturated carbocycles. The van der Waals surface area contributed by atoms with Crippen LogP contribution in [0.4, 0.5) is 24.7 Å². The summed E-state index contributed by atoms with van der Waals surface area (Å²) in [6.45, 7) is 2.21. The van der Waals surface area contributed by atoms with Crippen molar-refractivity contribution in [3.8, 4) is 23.1 Å². The zero-order chi connectivity index (χ0) is 25.4. The Kier molecular flexibility index (Phi) is 5.60. The van der Waals surface area contributed by atoms with E-state index in [9.17, 15) is 18.4 Å². The lowest BCUT2D eigenvalue weighted by Gasteiger charge is -2.09. The van der Waals surface area contributed by atoms with Crippen molar-refractivity contribution in [1.82, 2.24) is 34.5 Å². The fraction of sp³-hybridized carbons (Fsp3) is 0.167. The highest BCUT2D eigenvalue weighted by Gasteiger charge is 2.29. The number of hydrogen-bond acceptors (Lipinski definition) is 7. The van der Waals surface area contributed by atoms with Crippen LogP contribution in [0, 0.1) is 25.2 Å². The summed E-state index contributed by atoms with van der Waals surface area (Å²) in [6.07, 6.45) is -1.57. The van der Waals surface area contributed by atoms with Crippen molar-refractivity contribution in [2.45, 2.75) is 26.6 Å². The minimum absolute atomic E-state index is 0.225. The zero-order valence-corrected chi connectivity index (χ0v) is 19.1. The average Bonchev–Trinajstić information content (AvgIpc) is 3.41. The molecule has 0 saturated heterocycles. The van der Waals surface area contributed by atoms with Crippen LogP contribution in [-0.4, -0.2) is 40.7 Å². The number of nitriles is 1. The molecule has 5 rings (SSSR count). The van der Waals surface area contributed by atoms with Gasteiger partial charge in [0.05, 0.1) is 33.7 Å². The average molecular weight is 489 g/mol. The van der Waals surface area contributed by atoms with Gasteiger partial charge in [-0.3, -0.25) is 9.25 Å². The van der Waals surface area contributed by atoms with Crippen molar-refractivity contribution in [2.24, 2.45) is 0 Å². The maximum absolute atomic E-state index is 12.8. The number of nitrogens with one attached hydrogen (secondary N) is 1. The van der Waals surface area contributed by atoms with Crippen LogP contribution >= 0.6 is 0 Å². The Morgan fingerprint density at radius 1 is 1.06 bits per heavy atom. The van der Waals surface area contributed by atoms with Crippen LogP contribution in [0.3, 0.4) is 0 Å². The molecule has 4 aromatic heterocycles. The van der Waals surface area contributed by atoms with Crippen molar-refractivity contribution < 1.29 is 13.2 Å². The first-order valence-electron chi connectivity index (χ1n) is 10.8. The highest BCUT2D eigenvalue weighted by atomic mass is 19.4. The predicted molar refractivity (Wildman–Crippen MR) is 126 cm³/mol. The quantitative estimate of drug-likeness (QED) is 0.375. The Morgan fingerprint density at radius 3 is 2.61 bits per heavy atom. The fourth-order valence-electron chi connectivity index (χ4n) is 3.78. The van der Waals surface area contributed by atoms with Gasteiger partial charge in [0, 0.05) is 17.4 Å². The molecule has 5 aromatic rings. The van der Waals surface area contributed by atoms with Gasteiger partial charge in [0.15, 0.2) is 5.82 Å². The molecule has 1 N–H and O–H groups in total. The van der Waals surface area contributed by atoms with Crippen molar-refractivity contribution in [3.63, 3.8) is 0 Å². The first-order chi connectivity index (χ1) is 17.2. The van der Waals surface area contributed by atoms with E-state index in [2.05, 4.69) is 36.7 Å². The van der Waals surface area contributed by atoms with Crippen molar-refractivity contribution >= 4 is 22.5 Å². The van der Waals surface area contributed by atoms with Gasteiger partial charge in [0.2, 0.25) is 0 Å². The molecule has 36 heavy (non-hydrogen) atoms. The molecule has 0 spiro atoms. The Hall–Kier alpha value is -4.79. The molecule has 12 heteroatoms. The van der Waals surface area contributed by atoms with Crippen molar-refractivity contribution in [1.29, 1.82) is 5.26 Å². The van der Waals surface area contributed by atoms with E-state index in [-0.39, 0.29) is 11.3 Å². The number of aromatic nitrogens is 7. The van der Waals surface area contributed by atoms with Gasteiger partial charge in [-0.25, -0.2) is 9.97 Å². The second-order valence-electron chi connectivity index (χ2n) is 8.12. The zero-order valence-electron chi connectivity index (χ0n) is 19.1.